The molecule has 140 valence electrons. The van der Waals surface area contributed by atoms with Crippen LogP contribution in [0, 0.1) is 11.3 Å². The zero-order valence-electron chi connectivity index (χ0n) is 15.0. The van der Waals surface area contributed by atoms with Crippen molar-refractivity contribution >= 4 is 11.9 Å². The number of nitrogens with zero attached hydrogens (tertiary/aromatic N) is 2. The highest BCUT2D eigenvalue weighted by atomic mass is 16.2. The van der Waals surface area contributed by atoms with Crippen molar-refractivity contribution in [3.63, 3.8) is 0 Å². The molecule has 4 rings (SSSR count). The van der Waals surface area contributed by atoms with Crippen molar-refractivity contribution in [3.8, 4) is 0 Å². The van der Waals surface area contributed by atoms with Crippen molar-refractivity contribution in [1.82, 2.24) is 25.8 Å². The van der Waals surface area contributed by atoms with Crippen molar-refractivity contribution in [2.45, 2.75) is 6.54 Å². The summed E-state index contributed by atoms with van der Waals surface area (Å²) in [6, 6.07) is 10.4. The zero-order chi connectivity index (χ0) is 18.0. The molecule has 2 atom stereocenters. The van der Waals surface area contributed by atoms with Crippen LogP contribution < -0.4 is 16.0 Å². The van der Waals surface area contributed by atoms with Gasteiger partial charge in [0.25, 0.3) is 0 Å². The molecule has 1 aromatic rings. The van der Waals surface area contributed by atoms with Gasteiger partial charge in [-0.15, -0.1) is 0 Å². The molecule has 0 spiro atoms. The molecule has 26 heavy (non-hydrogen) atoms. The molecule has 0 aliphatic carbocycles. The predicted molar refractivity (Wildman–Crippen MR) is 98.5 cm³/mol. The average Bonchev–Trinajstić information content (AvgIpc) is 3.31. The molecule has 7 heteroatoms. The first-order valence-corrected chi connectivity index (χ1v) is 9.45. The van der Waals surface area contributed by atoms with Crippen LogP contribution >= 0.6 is 0 Å². The van der Waals surface area contributed by atoms with E-state index in [-0.39, 0.29) is 17.4 Å². The second-order valence-corrected chi connectivity index (χ2v) is 7.61. The highest BCUT2D eigenvalue weighted by molar-refractivity contribution is 5.84. The number of likely N-dealkylation sites (tertiary alicyclic amines) is 1. The molecule has 3 aliphatic rings. The maximum absolute atomic E-state index is 13.0. The van der Waals surface area contributed by atoms with Crippen molar-refractivity contribution in [1.29, 1.82) is 0 Å². The van der Waals surface area contributed by atoms with E-state index in [1.807, 2.05) is 6.07 Å². The summed E-state index contributed by atoms with van der Waals surface area (Å²) in [5, 5.41) is 9.28. The summed E-state index contributed by atoms with van der Waals surface area (Å²) < 4.78 is 0. The van der Waals surface area contributed by atoms with Gasteiger partial charge in [0.2, 0.25) is 5.91 Å². The molecule has 0 saturated carbocycles. The normalized spacial score (nSPS) is 28.2. The number of urea groups is 1. The van der Waals surface area contributed by atoms with Crippen LogP contribution in [-0.4, -0.2) is 74.1 Å². The number of amides is 3. The Bertz CT molecular complexity index is 667. The molecule has 3 aliphatic heterocycles. The minimum atomic E-state index is -0.345. The Balaban J connectivity index is 1.34. The van der Waals surface area contributed by atoms with Crippen LogP contribution in [0.2, 0.25) is 0 Å². The van der Waals surface area contributed by atoms with Crippen molar-refractivity contribution in [2.75, 3.05) is 52.4 Å². The van der Waals surface area contributed by atoms with Gasteiger partial charge in [-0.3, -0.25) is 9.69 Å². The number of carbonyl (C=O) groups excluding carboxylic acids is 2. The molecule has 7 nitrogen and oxygen atoms in total. The Labute approximate surface area is 154 Å². The number of fused-ring (bicyclic) bond motifs is 1. The monoisotopic (exact) mass is 357 g/mol. The van der Waals surface area contributed by atoms with Crippen molar-refractivity contribution < 1.29 is 9.59 Å². The molecule has 0 bridgehead atoms. The number of hydrogen-bond acceptors (Lipinski definition) is 4. The van der Waals surface area contributed by atoms with E-state index in [0.717, 1.165) is 39.3 Å². The number of benzene rings is 1. The molecule has 3 heterocycles. The lowest BCUT2D eigenvalue weighted by Gasteiger charge is -2.27. The smallest absolute Gasteiger partial charge is 0.317 e. The first-order valence-electron chi connectivity index (χ1n) is 9.45. The maximum Gasteiger partial charge on any atom is 0.317 e. The van der Waals surface area contributed by atoms with Gasteiger partial charge in [0.15, 0.2) is 0 Å². The molecule has 1 aromatic carbocycles. The summed E-state index contributed by atoms with van der Waals surface area (Å²) in [4.78, 5) is 28.7. The first kappa shape index (κ1) is 17.3. The molecule has 0 aromatic heterocycles. The zero-order valence-corrected chi connectivity index (χ0v) is 15.0. The summed E-state index contributed by atoms with van der Waals surface area (Å²) in [5.41, 5.74) is 0.943. The van der Waals surface area contributed by atoms with E-state index in [2.05, 4.69) is 45.1 Å². The summed E-state index contributed by atoms with van der Waals surface area (Å²) in [7, 11) is 0. The van der Waals surface area contributed by atoms with Gasteiger partial charge < -0.3 is 20.9 Å². The fourth-order valence-electron chi connectivity index (χ4n) is 4.51. The molecule has 0 radical (unpaired) electrons. The van der Waals surface area contributed by atoms with Crippen molar-refractivity contribution in [3.05, 3.63) is 35.9 Å². The summed E-state index contributed by atoms with van der Waals surface area (Å²) in [5.74, 6) is 0.476. The second kappa shape index (κ2) is 7.25. The van der Waals surface area contributed by atoms with Crippen LogP contribution in [0.3, 0.4) is 0 Å². The summed E-state index contributed by atoms with van der Waals surface area (Å²) >= 11 is 0. The SMILES string of the molecule is O=C1NCCN1CCNC(=O)[C@@]12CNC[C@@H]1CN(Cc1ccccc1)C2. The van der Waals surface area contributed by atoms with E-state index in [9.17, 15) is 9.59 Å². The van der Waals surface area contributed by atoms with Gasteiger partial charge in [-0.2, -0.15) is 0 Å². The quantitative estimate of drug-likeness (QED) is 0.662. The second-order valence-electron chi connectivity index (χ2n) is 7.61. The highest BCUT2D eigenvalue weighted by Crippen LogP contribution is 2.39. The van der Waals surface area contributed by atoms with Crippen LogP contribution in [0.25, 0.3) is 0 Å². The van der Waals surface area contributed by atoms with E-state index in [4.69, 9.17) is 0 Å². The predicted octanol–water partition coefficient (Wildman–Crippen LogP) is -0.151. The lowest BCUT2D eigenvalue weighted by atomic mass is 9.80. The maximum atomic E-state index is 13.0. The Morgan fingerprint density at radius 3 is 2.92 bits per heavy atom. The van der Waals surface area contributed by atoms with Gasteiger partial charge in [-0.05, 0) is 5.56 Å². The van der Waals surface area contributed by atoms with E-state index in [1.165, 1.54) is 5.56 Å². The van der Waals surface area contributed by atoms with Crippen LogP contribution in [0.5, 0.6) is 0 Å². The van der Waals surface area contributed by atoms with Gasteiger partial charge in [0.1, 0.15) is 0 Å². The van der Waals surface area contributed by atoms with Gasteiger partial charge in [0.05, 0.1) is 5.41 Å². The van der Waals surface area contributed by atoms with Gasteiger partial charge in [-0.25, -0.2) is 4.79 Å². The lowest BCUT2D eigenvalue weighted by Crippen LogP contribution is -2.49. The third-order valence-corrected chi connectivity index (χ3v) is 5.91. The molecule has 3 saturated heterocycles. The van der Waals surface area contributed by atoms with Crippen LogP contribution in [-0.2, 0) is 11.3 Å². The average molecular weight is 357 g/mol. The van der Waals surface area contributed by atoms with E-state index in [1.54, 1.807) is 4.90 Å². The van der Waals surface area contributed by atoms with E-state index < -0.39 is 0 Å². The Morgan fingerprint density at radius 1 is 1.31 bits per heavy atom. The third-order valence-electron chi connectivity index (χ3n) is 5.91. The molecule has 3 fully saturated rings. The molecule has 0 unspecified atom stereocenters. The Kier molecular flexibility index (Phi) is 4.82. The molecule has 3 amide bonds. The summed E-state index contributed by atoms with van der Waals surface area (Å²) in [6.07, 6.45) is 0. The first-order chi connectivity index (χ1) is 12.7. The Hall–Kier alpha value is -2.12. The van der Waals surface area contributed by atoms with Gasteiger partial charge in [0, 0.05) is 64.8 Å². The molecule has 3 N–H and O–H groups in total. The number of nitrogens with one attached hydrogen (secondary N) is 3. The minimum Gasteiger partial charge on any atom is -0.354 e. The van der Waals surface area contributed by atoms with E-state index in [0.29, 0.717) is 25.6 Å². The largest absolute Gasteiger partial charge is 0.354 e. The van der Waals surface area contributed by atoms with Gasteiger partial charge in [-0.1, -0.05) is 30.3 Å². The topological polar surface area (TPSA) is 76.7 Å². The van der Waals surface area contributed by atoms with Crippen molar-refractivity contribution in [2.24, 2.45) is 11.3 Å². The highest BCUT2D eigenvalue weighted by Gasteiger charge is 2.54. The number of rotatable bonds is 6. The summed E-state index contributed by atoms with van der Waals surface area (Å²) in [6.45, 7) is 6.75. The van der Waals surface area contributed by atoms with Crippen LogP contribution in [0.15, 0.2) is 30.3 Å². The number of hydrogen-bond donors (Lipinski definition) is 3. The lowest BCUT2D eigenvalue weighted by molar-refractivity contribution is -0.130. The Morgan fingerprint density at radius 2 is 2.15 bits per heavy atom. The van der Waals surface area contributed by atoms with Gasteiger partial charge >= 0.3 is 6.03 Å². The minimum absolute atomic E-state index is 0.0345. The molecular formula is C19H27N5O2. The fourth-order valence-corrected chi connectivity index (χ4v) is 4.51. The number of carbonyl (C=O) groups is 2. The molecular weight excluding hydrogens is 330 g/mol. The standard InChI is InChI=1S/C19H27N5O2/c25-17(21-6-8-24-9-7-22-18(24)26)19-13-20-10-16(19)12-23(14-19)11-15-4-2-1-3-5-15/h1-5,16,20H,6-14H2,(H,21,25)(H,22,26)/t16-,19-/m1/s1. The van der Waals surface area contributed by atoms with Crippen LogP contribution in [0.1, 0.15) is 5.56 Å². The fraction of sp³-hybridized carbons (Fsp3) is 0.579. The van der Waals surface area contributed by atoms with Crippen LogP contribution in [0.4, 0.5) is 4.79 Å². The van der Waals surface area contributed by atoms with E-state index >= 15 is 0 Å². The third kappa shape index (κ3) is 3.29.